The van der Waals surface area contributed by atoms with Crippen LogP contribution < -0.4 is 24.8 Å². The first-order valence-corrected chi connectivity index (χ1v) is 10.7. The second kappa shape index (κ2) is 7.54. The fourth-order valence-corrected chi connectivity index (χ4v) is 7.59. The molecule has 3 heteroatoms. The molecule has 0 bridgehead atoms. The van der Waals surface area contributed by atoms with Crippen LogP contribution in [0.3, 0.4) is 0 Å². The van der Waals surface area contributed by atoms with Crippen molar-refractivity contribution in [2.45, 2.75) is 24.5 Å². The van der Waals surface area contributed by atoms with Gasteiger partial charge in [0, 0.05) is 0 Å². The van der Waals surface area contributed by atoms with Crippen molar-refractivity contribution in [1.82, 2.24) is 0 Å². The zero-order valence-electron chi connectivity index (χ0n) is 13.9. The van der Waals surface area contributed by atoms with Crippen molar-refractivity contribution in [1.29, 1.82) is 0 Å². The molecular weight excluding hydrogens is 371 g/mol. The number of hydrogen-bond donors (Lipinski definition) is 0. The van der Waals surface area contributed by atoms with Crippen molar-refractivity contribution in [3.05, 3.63) is 80.8 Å². The average molecular weight is 391 g/mol. The number of hydrogen-bond acceptors (Lipinski definition) is 0. The van der Waals surface area contributed by atoms with Gasteiger partial charge in [-0.05, 0) is 0 Å². The summed E-state index contributed by atoms with van der Waals surface area (Å²) in [5.74, 6) is 0. The van der Waals surface area contributed by atoms with Gasteiger partial charge in [-0.2, -0.15) is 0 Å². The summed E-state index contributed by atoms with van der Waals surface area (Å²) < 4.78 is 2.17. The predicted molar refractivity (Wildman–Crippen MR) is 92.2 cm³/mol. The van der Waals surface area contributed by atoms with E-state index in [4.69, 9.17) is 4.82 Å². The van der Waals surface area contributed by atoms with E-state index in [0.717, 1.165) is 6.42 Å². The van der Waals surface area contributed by atoms with Crippen molar-refractivity contribution < 1.29 is 42.2 Å². The standard InChI is InChI=1S/C15H13.C5H5.CH2.2ClH.Ti/c1-10-7-8-14-13-6-4-3-5-12(13)9-15(14)11(10)2;1-2-4-5-3-1;;;;/h3-9H,1-2H3;1-3H,4H2;1H2;2*1H;/q;;;;;+2/p-2. The zero-order valence-corrected chi connectivity index (χ0v) is 17.0. The van der Waals surface area contributed by atoms with Crippen molar-refractivity contribution in [3.8, 4) is 11.1 Å². The molecule has 0 N–H and O–H groups in total. The Morgan fingerprint density at radius 1 is 1.00 bits per heavy atom. The van der Waals surface area contributed by atoms with Crippen LogP contribution in [0.1, 0.15) is 32.9 Å². The van der Waals surface area contributed by atoms with Gasteiger partial charge in [0.1, 0.15) is 0 Å². The Labute approximate surface area is 162 Å². The van der Waals surface area contributed by atoms with Crippen LogP contribution in [0.25, 0.3) is 11.1 Å². The van der Waals surface area contributed by atoms with Gasteiger partial charge in [-0.3, -0.25) is 0 Å². The van der Waals surface area contributed by atoms with Gasteiger partial charge in [-0.15, -0.1) is 0 Å². The molecule has 0 spiro atoms. The molecule has 2 aromatic carbocycles. The minimum Gasteiger partial charge on any atom is -1.00 e. The second-order valence-corrected chi connectivity index (χ2v) is 9.88. The fourth-order valence-electron chi connectivity index (χ4n) is 3.83. The molecule has 0 saturated heterocycles. The predicted octanol–water partition coefficient (Wildman–Crippen LogP) is -0.725. The molecule has 0 radical (unpaired) electrons. The molecule has 1 unspecified atom stereocenters. The number of benzene rings is 2. The molecule has 24 heavy (non-hydrogen) atoms. The summed E-state index contributed by atoms with van der Waals surface area (Å²) in [7, 11) is 0. The van der Waals surface area contributed by atoms with Crippen LogP contribution in [0.2, 0.25) is 0 Å². The Kier molecular flexibility index (Phi) is 6.10. The minimum absolute atomic E-state index is 0. The van der Waals surface area contributed by atoms with E-state index >= 15 is 0 Å². The Balaban J connectivity index is 0.00000104. The number of aryl methyl sites for hydroxylation is 1. The van der Waals surface area contributed by atoms with E-state index in [-0.39, 0.29) is 24.8 Å². The van der Waals surface area contributed by atoms with Crippen LogP contribution in [-0.4, -0.2) is 4.82 Å². The topological polar surface area (TPSA) is 0 Å². The van der Waals surface area contributed by atoms with Crippen molar-refractivity contribution in [2.24, 2.45) is 0 Å². The molecule has 0 aromatic heterocycles. The number of fused-ring (bicyclic) bond motifs is 3. The molecule has 1 atom stereocenters. The first-order valence-electron chi connectivity index (χ1n) is 7.92. The van der Waals surface area contributed by atoms with Gasteiger partial charge in [-0.1, -0.05) is 0 Å². The van der Waals surface area contributed by atoms with Gasteiger partial charge in [0.25, 0.3) is 0 Å². The van der Waals surface area contributed by atoms with Gasteiger partial charge in [0.05, 0.1) is 0 Å². The van der Waals surface area contributed by atoms with Crippen molar-refractivity contribution >= 4 is 4.82 Å². The first kappa shape index (κ1) is 19.4. The molecule has 2 aliphatic carbocycles. The van der Waals surface area contributed by atoms with Gasteiger partial charge >= 0.3 is 139 Å². The number of rotatable bonds is 2. The van der Waals surface area contributed by atoms with Crippen LogP contribution in [0, 0.1) is 13.8 Å². The Morgan fingerprint density at radius 2 is 1.75 bits per heavy atom. The van der Waals surface area contributed by atoms with E-state index in [1.807, 2.05) is 0 Å². The summed E-state index contributed by atoms with van der Waals surface area (Å²) in [4.78, 5) is 4.73. The third kappa shape index (κ3) is 2.91. The van der Waals surface area contributed by atoms with E-state index < -0.39 is 17.4 Å². The molecule has 0 fully saturated rings. The van der Waals surface area contributed by atoms with E-state index in [1.165, 1.54) is 27.8 Å². The molecule has 2 aliphatic rings. The molecule has 122 valence electrons. The van der Waals surface area contributed by atoms with Crippen LogP contribution in [0.4, 0.5) is 0 Å². The Hall–Kier alpha value is -0.916. The van der Waals surface area contributed by atoms with Gasteiger partial charge in [0.2, 0.25) is 0 Å². The molecule has 0 heterocycles. The maximum atomic E-state index is 4.73. The normalized spacial score (nSPS) is 16.2. The summed E-state index contributed by atoms with van der Waals surface area (Å²) in [5.41, 5.74) is 8.85. The van der Waals surface area contributed by atoms with Crippen LogP contribution >= 0.6 is 0 Å². The van der Waals surface area contributed by atoms with Gasteiger partial charge < -0.3 is 24.8 Å². The summed E-state index contributed by atoms with van der Waals surface area (Å²) in [5, 5.41) is 0. The fraction of sp³-hybridized carbons (Fsp3) is 0.190. The monoisotopic (exact) mass is 390 g/mol. The molecule has 0 amide bonds. The Morgan fingerprint density at radius 3 is 2.46 bits per heavy atom. The molecule has 0 saturated carbocycles. The quantitative estimate of drug-likeness (QED) is 0.593. The Bertz CT molecular complexity index is 862. The van der Waals surface area contributed by atoms with E-state index in [9.17, 15) is 0 Å². The van der Waals surface area contributed by atoms with Crippen LogP contribution in [0.5, 0.6) is 0 Å². The molecule has 4 rings (SSSR count). The van der Waals surface area contributed by atoms with Crippen molar-refractivity contribution in [3.63, 3.8) is 0 Å². The van der Waals surface area contributed by atoms with Crippen LogP contribution in [-0.2, 0) is 17.4 Å². The summed E-state index contributed by atoms with van der Waals surface area (Å²) >= 11 is -1.60. The van der Waals surface area contributed by atoms with Gasteiger partial charge in [-0.25, -0.2) is 0 Å². The molecular formula is C21H20Cl2Ti. The summed E-state index contributed by atoms with van der Waals surface area (Å²) in [6.07, 6.45) is 7.93. The third-order valence-corrected chi connectivity index (χ3v) is 9.06. The SMILES string of the molecule is [CH2]=[Ti+2]([C]1=CC=CC1)[CH]1c2ccccc2-c2ccc(C)c(C)c21.[Cl-].[Cl-]. The maximum Gasteiger partial charge on any atom is -1.00 e. The van der Waals surface area contributed by atoms with Crippen molar-refractivity contribution in [2.75, 3.05) is 0 Å². The largest absolute Gasteiger partial charge is 1.00 e. The first-order chi connectivity index (χ1) is 10.7. The van der Waals surface area contributed by atoms with E-state index in [1.54, 1.807) is 9.44 Å². The van der Waals surface area contributed by atoms with E-state index in [2.05, 4.69) is 68.5 Å². The molecule has 0 nitrogen and oxygen atoms in total. The zero-order chi connectivity index (χ0) is 15.3. The van der Waals surface area contributed by atoms with Gasteiger partial charge in [0.15, 0.2) is 0 Å². The van der Waals surface area contributed by atoms with E-state index in [0.29, 0.717) is 4.22 Å². The number of allylic oxidation sites excluding steroid dienone is 4. The summed E-state index contributed by atoms with van der Waals surface area (Å²) in [6.45, 7) is 4.52. The maximum absolute atomic E-state index is 4.73. The molecule has 0 aliphatic heterocycles. The number of halogens is 2. The third-order valence-electron chi connectivity index (χ3n) is 5.17. The smallest absolute Gasteiger partial charge is 1.00 e. The molecule has 2 aromatic rings. The minimum atomic E-state index is -1.60. The average Bonchev–Trinajstić information content (AvgIpc) is 3.16. The summed E-state index contributed by atoms with van der Waals surface area (Å²) in [6, 6.07) is 13.6. The second-order valence-electron chi connectivity index (χ2n) is 6.34. The van der Waals surface area contributed by atoms with Crippen LogP contribution in [0.15, 0.2) is 58.5 Å².